The molecule has 0 unspecified atom stereocenters. The molecule has 2 heterocycles. The van der Waals surface area contributed by atoms with E-state index in [1.807, 2.05) is 44.2 Å². The molecule has 2 saturated heterocycles. The number of piperidine rings is 2. The number of aryl methyl sites for hydroxylation is 2. The van der Waals surface area contributed by atoms with Crippen molar-refractivity contribution >= 4 is 35.3 Å². The molecule has 0 atom stereocenters. The van der Waals surface area contributed by atoms with Gasteiger partial charge in [-0.1, -0.05) is 48.4 Å². The van der Waals surface area contributed by atoms with Gasteiger partial charge in [0.25, 0.3) is 11.8 Å². The van der Waals surface area contributed by atoms with E-state index in [9.17, 15) is 9.59 Å². The van der Waals surface area contributed by atoms with Gasteiger partial charge in [0, 0.05) is 23.2 Å². The lowest BCUT2D eigenvalue weighted by Crippen LogP contribution is -2.46. The van der Waals surface area contributed by atoms with Crippen LogP contribution in [-0.2, 0) is 6.54 Å². The molecular weight excluding hydrogens is 546 g/mol. The molecule has 0 radical (unpaired) electrons. The van der Waals surface area contributed by atoms with E-state index in [-0.39, 0.29) is 11.5 Å². The van der Waals surface area contributed by atoms with Crippen molar-refractivity contribution in [2.24, 2.45) is 5.10 Å². The summed E-state index contributed by atoms with van der Waals surface area (Å²) < 4.78 is 0. The van der Waals surface area contributed by atoms with Crippen LogP contribution in [0.4, 0.5) is 5.69 Å². The molecule has 2 amide bonds. The molecule has 0 spiro atoms. The number of nitrogens with one attached hydrogen (secondary N) is 2. The van der Waals surface area contributed by atoms with Gasteiger partial charge in [0.1, 0.15) is 0 Å². The van der Waals surface area contributed by atoms with Crippen molar-refractivity contribution in [3.63, 3.8) is 0 Å². The average molecular weight is 586 g/mol. The quantitative estimate of drug-likeness (QED) is 0.236. The lowest BCUT2D eigenvalue weighted by molar-refractivity contribution is 0.0896. The zero-order valence-corrected chi connectivity index (χ0v) is 25.3. The van der Waals surface area contributed by atoms with Gasteiger partial charge in [-0.05, 0) is 118 Å². The molecule has 5 rings (SSSR count). The molecule has 0 aliphatic carbocycles. The fourth-order valence-electron chi connectivity index (χ4n) is 5.87. The zero-order valence-electron chi connectivity index (χ0n) is 24.5. The number of hydrogen-bond donors (Lipinski definition) is 2. The number of rotatable bonds is 8. The van der Waals surface area contributed by atoms with Crippen molar-refractivity contribution in [3.05, 3.63) is 99.1 Å². The summed E-state index contributed by atoms with van der Waals surface area (Å²) in [5.41, 5.74) is 8.02. The normalized spacial score (nSPS) is 16.9. The van der Waals surface area contributed by atoms with Crippen LogP contribution in [0.1, 0.15) is 75.1 Å². The maximum absolute atomic E-state index is 13.3. The minimum Gasteiger partial charge on any atom is -0.321 e. The number of anilines is 1. The van der Waals surface area contributed by atoms with Crippen LogP contribution in [0.15, 0.2) is 65.8 Å². The molecule has 220 valence electrons. The van der Waals surface area contributed by atoms with Gasteiger partial charge in [-0.15, -0.1) is 0 Å². The summed E-state index contributed by atoms with van der Waals surface area (Å²) in [4.78, 5) is 31.4. The van der Waals surface area contributed by atoms with Crippen LogP contribution in [-0.4, -0.2) is 60.0 Å². The lowest BCUT2D eigenvalue weighted by atomic mass is 9.99. The molecule has 3 aromatic carbocycles. The van der Waals surface area contributed by atoms with Crippen LogP contribution in [0.3, 0.4) is 0 Å². The van der Waals surface area contributed by atoms with Gasteiger partial charge in [-0.2, -0.15) is 5.10 Å². The lowest BCUT2D eigenvalue weighted by Gasteiger charge is -2.40. The Kier molecular flexibility index (Phi) is 10.1. The van der Waals surface area contributed by atoms with Crippen molar-refractivity contribution in [1.82, 2.24) is 15.2 Å². The second-order valence-corrected chi connectivity index (χ2v) is 11.9. The van der Waals surface area contributed by atoms with E-state index in [1.54, 1.807) is 24.4 Å². The number of hydrazone groups is 1. The Balaban J connectivity index is 1.19. The van der Waals surface area contributed by atoms with E-state index in [4.69, 9.17) is 11.6 Å². The van der Waals surface area contributed by atoms with Gasteiger partial charge in [0.15, 0.2) is 0 Å². The van der Waals surface area contributed by atoms with Gasteiger partial charge < -0.3 is 10.2 Å². The number of halogens is 1. The van der Waals surface area contributed by atoms with Crippen molar-refractivity contribution in [2.45, 2.75) is 58.5 Å². The highest BCUT2D eigenvalue weighted by atomic mass is 35.5. The Morgan fingerprint density at radius 1 is 0.905 bits per heavy atom. The van der Waals surface area contributed by atoms with Gasteiger partial charge in [0.05, 0.1) is 17.5 Å². The predicted octanol–water partition coefficient (Wildman–Crippen LogP) is 6.42. The third-order valence-corrected chi connectivity index (χ3v) is 8.68. The Morgan fingerprint density at radius 2 is 1.69 bits per heavy atom. The van der Waals surface area contributed by atoms with Gasteiger partial charge in [-0.3, -0.25) is 14.5 Å². The fourth-order valence-corrected chi connectivity index (χ4v) is 6.05. The molecule has 7 nitrogen and oxygen atoms in total. The van der Waals surface area contributed by atoms with Crippen LogP contribution in [0, 0.1) is 13.8 Å². The minimum absolute atomic E-state index is 0.237. The molecule has 2 fully saturated rings. The monoisotopic (exact) mass is 585 g/mol. The highest BCUT2D eigenvalue weighted by molar-refractivity contribution is 6.31. The number of carbonyl (C=O) groups excluding carboxylic acids is 2. The van der Waals surface area contributed by atoms with Crippen molar-refractivity contribution in [2.75, 3.05) is 31.5 Å². The van der Waals surface area contributed by atoms with E-state index in [1.165, 1.54) is 56.8 Å². The molecule has 8 heteroatoms. The Hall–Kier alpha value is -3.52. The first kappa shape index (κ1) is 30.0. The van der Waals surface area contributed by atoms with E-state index in [0.29, 0.717) is 22.3 Å². The second-order valence-electron chi connectivity index (χ2n) is 11.5. The molecular formula is C34H40ClN5O2. The smallest absolute Gasteiger partial charge is 0.273 e. The topological polar surface area (TPSA) is 77.0 Å². The number of carbonyl (C=O) groups is 2. The van der Waals surface area contributed by atoms with Crippen molar-refractivity contribution < 1.29 is 9.59 Å². The second kappa shape index (κ2) is 14.1. The van der Waals surface area contributed by atoms with E-state index < -0.39 is 5.91 Å². The van der Waals surface area contributed by atoms with Gasteiger partial charge in [-0.25, -0.2) is 5.43 Å². The molecule has 42 heavy (non-hydrogen) atoms. The fraction of sp³-hybridized carbons (Fsp3) is 0.382. The molecule has 2 aliphatic heterocycles. The summed E-state index contributed by atoms with van der Waals surface area (Å²) >= 11 is 6.20. The highest BCUT2D eigenvalue weighted by Gasteiger charge is 2.25. The van der Waals surface area contributed by atoms with Crippen LogP contribution in [0.2, 0.25) is 5.02 Å². The largest absolute Gasteiger partial charge is 0.321 e. The molecule has 0 aromatic heterocycles. The summed E-state index contributed by atoms with van der Waals surface area (Å²) in [7, 11) is 0. The molecule has 0 bridgehead atoms. The molecule has 2 aliphatic rings. The van der Waals surface area contributed by atoms with E-state index in [2.05, 4.69) is 31.7 Å². The average Bonchev–Trinajstić information content (AvgIpc) is 3.00. The predicted molar refractivity (Wildman–Crippen MR) is 171 cm³/mol. The number of hydrogen-bond acceptors (Lipinski definition) is 5. The SMILES string of the molecule is Cc1ccc(/C=N\NC(=O)c2cc(Cl)ccc2NC(=O)c2cccc(CN3CCC(N4CCCCC4)CC3)c2)cc1C. The van der Waals surface area contributed by atoms with Crippen LogP contribution in [0.25, 0.3) is 0 Å². The van der Waals surface area contributed by atoms with Crippen LogP contribution in [0.5, 0.6) is 0 Å². The number of nitrogens with zero attached hydrogens (tertiary/aromatic N) is 3. The Labute approximate surface area is 253 Å². The Bertz CT molecular complexity index is 1440. The first-order chi connectivity index (χ1) is 20.4. The van der Waals surface area contributed by atoms with Gasteiger partial charge >= 0.3 is 0 Å². The van der Waals surface area contributed by atoms with Gasteiger partial charge in [0.2, 0.25) is 0 Å². The summed E-state index contributed by atoms with van der Waals surface area (Å²) in [6.07, 6.45) is 8.04. The Morgan fingerprint density at radius 3 is 2.45 bits per heavy atom. The maximum atomic E-state index is 13.3. The highest BCUT2D eigenvalue weighted by Crippen LogP contribution is 2.24. The van der Waals surface area contributed by atoms with E-state index in [0.717, 1.165) is 36.3 Å². The van der Waals surface area contributed by atoms with Crippen molar-refractivity contribution in [3.8, 4) is 0 Å². The van der Waals surface area contributed by atoms with E-state index >= 15 is 0 Å². The third kappa shape index (κ3) is 7.85. The summed E-state index contributed by atoms with van der Waals surface area (Å²) in [5.74, 6) is -0.745. The standard InChI is InChI=1S/C34H40ClN5O2/c1-24-9-10-26(19-25(24)2)22-36-38-34(42)31-21-29(35)11-12-32(31)37-33(41)28-8-6-7-27(20-28)23-39-17-13-30(14-18-39)40-15-4-3-5-16-40/h6-12,19-22,30H,3-5,13-18,23H2,1-2H3,(H,37,41)(H,38,42)/b36-22-. The summed E-state index contributed by atoms with van der Waals surface area (Å²) in [6, 6.07) is 19.2. The van der Waals surface area contributed by atoms with Crippen LogP contribution >= 0.6 is 11.6 Å². The molecule has 0 saturated carbocycles. The summed E-state index contributed by atoms with van der Waals surface area (Å²) in [5, 5.41) is 7.40. The number of amides is 2. The van der Waals surface area contributed by atoms with Crippen LogP contribution < -0.4 is 10.7 Å². The first-order valence-electron chi connectivity index (χ1n) is 14.9. The third-order valence-electron chi connectivity index (χ3n) is 8.44. The first-order valence-corrected chi connectivity index (χ1v) is 15.3. The number of likely N-dealkylation sites (tertiary alicyclic amines) is 2. The minimum atomic E-state index is -0.463. The van der Waals surface area contributed by atoms with Crippen molar-refractivity contribution in [1.29, 1.82) is 0 Å². The molecule has 2 N–H and O–H groups in total. The molecule has 3 aromatic rings. The summed E-state index contributed by atoms with van der Waals surface area (Å²) in [6.45, 7) is 9.54. The number of benzene rings is 3. The zero-order chi connectivity index (χ0) is 29.5. The maximum Gasteiger partial charge on any atom is 0.273 e.